The van der Waals surface area contributed by atoms with E-state index in [2.05, 4.69) is 21.1 Å². The predicted octanol–water partition coefficient (Wildman–Crippen LogP) is 4.11. The van der Waals surface area contributed by atoms with Gasteiger partial charge in [-0.3, -0.25) is 4.72 Å². The lowest BCUT2D eigenvalue weighted by molar-refractivity contribution is 0.601. The minimum Gasteiger partial charge on any atom is -0.340 e. The molecule has 6 nitrogen and oxygen atoms in total. The maximum atomic E-state index is 12.7. The molecular formula is C20H18N4O2S. The fourth-order valence-corrected chi connectivity index (χ4v) is 3.88. The fourth-order valence-electron chi connectivity index (χ4n) is 2.64. The SMILES string of the molecule is Cc1cc(C)cc(S(=O)(=O)Nc2ccnc(Nc3ccc(C#N)cc3)c2)c1. The van der Waals surface area contributed by atoms with Crippen LogP contribution in [0.5, 0.6) is 0 Å². The van der Waals surface area contributed by atoms with Crippen LogP contribution in [0.15, 0.2) is 65.7 Å². The molecule has 7 heteroatoms. The zero-order valence-corrected chi connectivity index (χ0v) is 15.7. The number of nitriles is 1. The molecule has 3 rings (SSSR count). The van der Waals surface area contributed by atoms with Crippen molar-refractivity contribution in [3.63, 3.8) is 0 Å². The molecule has 0 saturated carbocycles. The third kappa shape index (κ3) is 4.63. The van der Waals surface area contributed by atoms with Crippen LogP contribution in [0.3, 0.4) is 0 Å². The molecule has 0 atom stereocenters. The molecule has 0 unspecified atom stereocenters. The average molecular weight is 378 g/mol. The minimum absolute atomic E-state index is 0.221. The van der Waals surface area contributed by atoms with Gasteiger partial charge in [-0.15, -0.1) is 0 Å². The van der Waals surface area contributed by atoms with E-state index in [9.17, 15) is 8.42 Å². The number of sulfonamides is 1. The smallest absolute Gasteiger partial charge is 0.261 e. The molecule has 0 aliphatic heterocycles. The van der Waals surface area contributed by atoms with E-state index in [0.29, 0.717) is 17.1 Å². The number of aryl methyl sites for hydroxylation is 2. The van der Waals surface area contributed by atoms with Crippen molar-refractivity contribution in [3.05, 3.63) is 77.5 Å². The van der Waals surface area contributed by atoms with Gasteiger partial charge in [0.1, 0.15) is 5.82 Å². The Bertz CT molecular complexity index is 1100. The number of rotatable bonds is 5. The van der Waals surface area contributed by atoms with E-state index in [1.807, 2.05) is 19.9 Å². The van der Waals surface area contributed by atoms with Crippen LogP contribution in [0.1, 0.15) is 16.7 Å². The van der Waals surface area contributed by atoms with Crippen LogP contribution in [0.25, 0.3) is 0 Å². The summed E-state index contributed by atoms with van der Waals surface area (Å²) in [6, 6.07) is 17.3. The molecule has 136 valence electrons. The topological polar surface area (TPSA) is 94.9 Å². The highest BCUT2D eigenvalue weighted by Gasteiger charge is 2.15. The van der Waals surface area contributed by atoms with E-state index in [1.54, 1.807) is 48.5 Å². The zero-order chi connectivity index (χ0) is 19.4. The van der Waals surface area contributed by atoms with Gasteiger partial charge in [-0.2, -0.15) is 5.26 Å². The Morgan fingerprint density at radius 1 is 0.926 bits per heavy atom. The Kier molecular flexibility index (Phi) is 5.10. The van der Waals surface area contributed by atoms with E-state index in [0.717, 1.165) is 16.8 Å². The molecule has 0 bridgehead atoms. The summed E-state index contributed by atoms with van der Waals surface area (Å²) in [4.78, 5) is 4.42. The molecule has 0 amide bonds. The maximum Gasteiger partial charge on any atom is 0.261 e. The third-order valence-corrected chi connectivity index (χ3v) is 5.16. The number of nitrogens with zero attached hydrogens (tertiary/aromatic N) is 2. The Hall–Kier alpha value is -3.37. The van der Waals surface area contributed by atoms with Gasteiger partial charge >= 0.3 is 0 Å². The summed E-state index contributed by atoms with van der Waals surface area (Å²) in [6.45, 7) is 3.72. The first-order valence-electron chi connectivity index (χ1n) is 8.20. The van der Waals surface area contributed by atoms with E-state index in [1.165, 1.54) is 6.20 Å². The number of pyridine rings is 1. The van der Waals surface area contributed by atoms with Crippen molar-refractivity contribution in [1.82, 2.24) is 4.98 Å². The van der Waals surface area contributed by atoms with E-state index >= 15 is 0 Å². The van der Waals surface area contributed by atoms with Crippen molar-refractivity contribution >= 4 is 27.2 Å². The third-order valence-electron chi connectivity index (χ3n) is 3.80. The number of hydrogen-bond donors (Lipinski definition) is 2. The lowest BCUT2D eigenvalue weighted by Crippen LogP contribution is -2.13. The molecule has 2 N–H and O–H groups in total. The second kappa shape index (κ2) is 7.48. The summed E-state index contributed by atoms with van der Waals surface area (Å²) < 4.78 is 27.9. The number of aromatic nitrogens is 1. The van der Waals surface area contributed by atoms with Crippen molar-refractivity contribution in [2.75, 3.05) is 10.0 Å². The van der Waals surface area contributed by atoms with E-state index in [4.69, 9.17) is 5.26 Å². The first-order chi connectivity index (χ1) is 12.9. The maximum absolute atomic E-state index is 12.7. The lowest BCUT2D eigenvalue weighted by atomic mass is 10.2. The molecule has 0 radical (unpaired) electrons. The summed E-state index contributed by atoms with van der Waals surface area (Å²) in [5.74, 6) is 0.486. The highest BCUT2D eigenvalue weighted by Crippen LogP contribution is 2.22. The van der Waals surface area contributed by atoms with Crippen molar-refractivity contribution in [2.45, 2.75) is 18.7 Å². The van der Waals surface area contributed by atoms with Gasteiger partial charge in [0.2, 0.25) is 0 Å². The van der Waals surface area contributed by atoms with Gasteiger partial charge in [-0.25, -0.2) is 13.4 Å². The van der Waals surface area contributed by atoms with Crippen LogP contribution >= 0.6 is 0 Å². The van der Waals surface area contributed by atoms with Crippen LogP contribution in [-0.4, -0.2) is 13.4 Å². The van der Waals surface area contributed by atoms with Gasteiger partial charge in [0, 0.05) is 18.0 Å². The molecule has 0 fully saturated rings. The molecule has 0 spiro atoms. The lowest BCUT2D eigenvalue weighted by Gasteiger charge is -2.11. The van der Waals surface area contributed by atoms with Crippen LogP contribution in [0.4, 0.5) is 17.2 Å². The number of nitrogens with one attached hydrogen (secondary N) is 2. The summed E-state index contributed by atoms with van der Waals surface area (Å²) in [6.07, 6.45) is 1.52. The summed E-state index contributed by atoms with van der Waals surface area (Å²) in [5.41, 5.74) is 3.47. The molecule has 1 heterocycles. The largest absolute Gasteiger partial charge is 0.340 e. The Labute approximate surface area is 158 Å². The Balaban J connectivity index is 1.81. The predicted molar refractivity (Wildman–Crippen MR) is 105 cm³/mol. The highest BCUT2D eigenvalue weighted by molar-refractivity contribution is 7.92. The second-order valence-electron chi connectivity index (χ2n) is 6.17. The van der Waals surface area contributed by atoms with Crippen LogP contribution in [-0.2, 0) is 10.0 Å². The summed E-state index contributed by atoms with van der Waals surface area (Å²) in [5, 5.41) is 11.9. The van der Waals surface area contributed by atoms with Gasteiger partial charge in [0.15, 0.2) is 0 Å². The molecule has 1 aromatic heterocycles. The summed E-state index contributed by atoms with van der Waals surface area (Å²) in [7, 11) is -3.70. The standard InChI is InChI=1S/C20H18N4O2S/c1-14-9-15(2)11-19(10-14)27(25,26)24-18-7-8-22-20(12-18)23-17-5-3-16(13-21)4-6-17/h3-12H,1-2H3,(H2,22,23,24). The van der Waals surface area contributed by atoms with Gasteiger partial charge < -0.3 is 5.32 Å². The molecular weight excluding hydrogens is 360 g/mol. The number of anilines is 3. The molecule has 0 aliphatic rings. The van der Waals surface area contributed by atoms with Gasteiger partial charge in [0.25, 0.3) is 10.0 Å². The average Bonchev–Trinajstić information content (AvgIpc) is 2.61. The van der Waals surface area contributed by atoms with Crippen molar-refractivity contribution in [3.8, 4) is 6.07 Å². The molecule has 0 aliphatic carbocycles. The van der Waals surface area contributed by atoms with Crippen LogP contribution in [0, 0.1) is 25.2 Å². The molecule has 0 saturated heterocycles. The first-order valence-corrected chi connectivity index (χ1v) is 9.68. The van der Waals surface area contributed by atoms with Crippen molar-refractivity contribution in [2.24, 2.45) is 0 Å². The van der Waals surface area contributed by atoms with Crippen LogP contribution in [0.2, 0.25) is 0 Å². The van der Waals surface area contributed by atoms with Gasteiger partial charge in [-0.05, 0) is 67.4 Å². The van der Waals surface area contributed by atoms with Gasteiger partial charge in [0.05, 0.1) is 22.2 Å². The molecule has 27 heavy (non-hydrogen) atoms. The van der Waals surface area contributed by atoms with E-state index in [-0.39, 0.29) is 4.90 Å². The minimum atomic E-state index is -3.70. The zero-order valence-electron chi connectivity index (χ0n) is 14.9. The number of hydrogen-bond acceptors (Lipinski definition) is 5. The van der Waals surface area contributed by atoms with Crippen molar-refractivity contribution in [1.29, 1.82) is 5.26 Å². The van der Waals surface area contributed by atoms with Crippen LogP contribution < -0.4 is 10.0 Å². The Morgan fingerprint density at radius 2 is 1.59 bits per heavy atom. The number of benzene rings is 2. The monoisotopic (exact) mass is 378 g/mol. The Morgan fingerprint density at radius 3 is 2.22 bits per heavy atom. The first kappa shape index (κ1) is 18.4. The normalized spacial score (nSPS) is 10.9. The quantitative estimate of drug-likeness (QED) is 0.696. The highest BCUT2D eigenvalue weighted by atomic mass is 32.2. The van der Waals surface area contributed by atoms with Crippen molar-refractivity contribution < 1.29 is 8.42 Å². The fraction of sp³-hybridized carbons (Fsp3) is 0.100. The molecule has 3 aromatic rings. The molecule has 2 aromatic carbocycles. The summed E-state index contributed by atoms with van der Waals surface area (Å²) >= 11 is 0. The second-order valence-corrected chi connectivity index (χ2v) is 7.86. The van der Waals surface area contributed by atoms with Gasteiger partial charge in [-0.1, -0.05) is 6.07 Å². The van der Waals surface area contributed by atoms with E-state index < -0.39 is 10.0 Å².